The van der Waals surface area contributed by atoms with Crippen molar-refractivity contribution < 1.29 is 9.47 Å². The summed E-state index contributed by atoms with van der Waals surface area (Å²) >= 11 is 0. The lowest BCUT2D eigenvalue weighted by Crippen LogP contribution is -1.96. The fraction of sp³-hybridized carbons (Fsp3) is 0.214. The first kappa shape index (κ1) is 12.8. The molecule has 0 radical (unpaired) electrons. The van der Waals surface area contributed by atoms with Gasteiger partial charge in [0.1, 0.15) is 23.3 Å². The van der Waals surface area contributed by atoms with Crippen LogP contribution in [0.5, 0.6) is 17.5 Å². The van der Waals surface area contributed by atoms with Crippen LogP contribution in [0.25, 0.3) is 0 Å². The van der Waals surface area contributed by atoms with Crippen LogP contribution >= 0.6 is 0 Å². The Labute approximate surface area is 111 Å². The largest absolute Gasteiger partial charge is 0.494 e. The van der Waals surface area contributed by atoms with Gasteiger partial charge in [0.15, 0.2) is 0 Å². The van der Waals surface area contributed by atoms with Crippen LogP contribution in [0, 0.1) is 18.3 Å². The maximum Gasteiger partial charge on any atom is 0.323 e. The van der Waals surface area contributed by atoms with Crippen LogP contribution in [0.15, 0.2) is 30.3 Å². The van der Waals surface area contributed by atoms with Gasteiger partial charge in [-0.3, -0.25) is 0 Å². The maximum absolute atomic E-state index is 8.84. The van der Waals surface area contributed by atoms with Crippen LogP contribution < -0.4 is 9.47 Å². The van der Waals surface area contributed by atoms with Gasteiger partial charge in [-0.25, -0.2) is 4.98 Å². The van der Waals surface area contributed by atoms with E-state index in [1.165, 1.54) is 0 Å². The first-order valence-corrected chi connectivity index (χ1v) is 5.87. The molecule has 5 heteroatoms. The third-order valence-electron chi connectivity index (χ3n) is 2.29. The highest BCUT2D eigenvalue weighted by Gasteiger charge is 2.04. The van der Waals surface area contributed by atoms with Crippen LogP contribution in [-0.4, -0.2) is 16.6 Å². The van der Waals surface area contributed by atoms with E-state index in [1.807, 2.05) is 13.0 Å². The molecule has 1 heterocycles. The summed E-state index contributed by atoms with van der Waals surface area (Å²) in [6.45, 7) is 4.33. The Bertz CT molecular complexity index is 603. The number of ether oxygens (including phenoxy) is 2. The molecule has 0 aliphatic heterocycles. The second kappa shape index (κ2) is 5.83. The lowest BCUT2D eigenvalue weighted by molar-refractivity contribution is 0.339. The molecule has 0 aliphatic carbocycles. The molecule has 0 amide bonds. The van der Waals surface area contributed by atoms with Gasteiger partial charge in [-0.15, -0.1) is 0 Å². The normalized spacial score (nSPS) is 9.74. The number of hydrogen-bond acceptors (Lipinski definition) is 5. The molecule has 0 unspecified atom stereocenters. The van der Waals surface area contributed by atoms with Crippen molar-refractivity contribution in [3.8, 4) is 23.6 Å². The molecule has 5 nitrogen and oxygen atoms in total. The number of rotatable bonds is 4. The molecule has 96 valence electrons. The van der Waals surface area contributed by atoms with Crippen molar-refractivity contribution in [3.05, 3.63) is 41.7 Å². The Morgan fingerprint density at radius 2 is 1.84 bits per heavy atom. The fourth-order valence-electron chi connectivity index (χ4n) is 1.52. The quantitative estimate of drug-likeness (QED) is 0.840. The summed E-state index contributed by atoms with van der Waals surface area (Å²) in [5.41, 5.74) is 0.973. The van der Waals surface area contributed by atoms with E-state index < -0.39 is 0 Å². The summed E-state index contributed by atoms with van der Waals surface area (Å²) < 4.78 is 10.8. The lowest BCUT2D eigenvalue weighted by Gasteiger charge is -2.06. The molecule has 0 bridgehead atoms. The summed E-state index contributed by atoms with van der Waals surface area (Å²) in [5, 5.41) is 8.84. The maximum atomic E-state index is 8.84. The van der Waals surface area contributed by atoms with E-state index in [0.29, 0.717) is 18.1 Å². The monoisotopic (exact) mass is 255 g/mol. The number of benzene rings is 1. The Balaban J connectivity index is 2.17. The van der Waals surface area contributed by atoms with Crippen LogP contribution in [0.1, 0.15) is 18.3 Å². The van der Waals surface area contributed by atoms with Crippen molar-refractivity contribution >= 4 is 0 Å². The second-order valence-electron chi connectivity index (χ2n) is 3.80. The van der Waals surface area contributed by atoms with Crippen molar-refractivity contribution in [2.75, 3.05) is 6.61 Å². The number of hydrogen-bond donors (Lipinski definition) is 0. The number of aromatic nitrogens is 2. The first-order chi connectivity index (χ1) is 9.21. The summed E-state index contributed by atoms with van der Waals surface area (Å²) in [6, 6.07) is 10.9. The van der Waals surface area contributed by atoms with Gasteiger partial charge in [-0.2, -0.15) is 10.2 Å². The smallest absolute Gasteiger partial charge is 0.323 e. The topological polar surface area (TPSA) is 68.0 Å². The zero-order valence-corrected chi connectivity index (χ0v) is 10.8. The Kier molecular flexibility index (Phi) is 3.94. The highest BCUT2D eigenvalue weighted by molar-refractivity contribution is 5.33. The molecular weight excluding hydrogens is 242 g/mol. The molecule has 2 aromatic rings. The Hall–Kier alpha value is -2.61. The van der Waals surface area contributed by atoms with E-state index in [1.54, 1.807) is 37.3 Å². The van der Waals surface area contributed by atoms with E-state index in [-0.39, 0.29) is 11.7 Å². The summed E-state index contributed by atoms with van der Waals surface area (Å²) in [6.07, 6.45) is 0. The van der Waals surface area contributed by atoms with E-state index >= 15 is 0 Å². The standard InChI is InChI=1S/C14H13N3O2/c1-3-18-12-4-6-13(7-5-12)19-14-16-10(2)8-11(9-15)17-14/h4-8H,3H2,1-2H3. The molecule has 0 fully saturated rings. The third kappa shape index (κ3) is 3.42. The molecule has 2 rings (SSSR count). The van der Waals surface area contributed by atoms with Crippen LogP contribution in [0.2, 0.25) is 0 Å². The summed E-state index contributed by atoms with van der Waals surface area (Å²) in [4.78, 5) is 8.10. The Morgan fingerprint density at radius 3 is 2.47 bits per heavy atom. The second-order valence-corrected chi connectivity index (χ2v) is 3.80. The minimum absolute atomic E-state index is 0.167. The predicted molar refractivity (Wildman–Crippen MR) is 69.2 cm³/mol. The number of aryl methyl sites for hydroxylation is 1. The van der Waals surface area contributed by atoms with E-state index in [4.69, 9.17) is 14.7 Å². The van der Waals surface area contributed by atoms with Crippen molar-refractivity contribution in [2.24, 2.45) is 0 Å². The van der Waals surface area contributed by atoms with Crippen LogP contribution in [-0.2, 0) is 0 Å². The molecule has 19 heavy (non-hydrogen) atoms. The summed E-state index contributed by atoms with van der Waals surface area (Å²) in [7, 11) is 0. The average molecular weight is 255 g/mol. The SMILES string of the molecule is CCOc1ccc(Oc2nc(C)cc(C#N)n2)cc1. The van der Waals surface area contributed by atoms with E-state index in [2.05, 4.69) is 9.97 Å². The average Bonchev–Trinajstić information content (AvgIpc) is 2.40. The van der Waals surface area contributed by atoms with Gasteiger partial charge in [-0.1, -0.05) is 0 Å². The van der Waals surface area contributed by atoms with Gasteiger partial charge in [0.25, 0.3) is 0 Å². The molecule has 0 atom stereocenters. The molecule has 0 saturated heterocycles. The minimum atomic E-state index is 0.167. The van der Waals surface area contributed by atoms with Crippen molar-refractivity contribution in [1.29, 1.82) is 5.26 Å². The Morgan fingerprint density at radius 1 is 1.16 bits per heavy atom. The zero-order chi connectivity index (χ0) is 13.7. The fourth-order valence-corrected chi connectivity index (χ4v) is 1.52. The van der Waals surface area contributed by atoms with E-state index in [0.717, 1.165) is 5.75 Å². The third-order valence-corrected chi connectivity index (χ3v) is 2.29. The van der Waals surface area contributed by atoms with Gasteiger partial charge in [0, 0.05) is 5.69 Å². The van der Waals surface area contributed by atoms with Gasteiger partial charge in [-0.05, 0) is 44.2 Å². The van der Waals surface area contributed by atoms with Gasteiger partial charge >= 0.3 is 6.01 Å². The molecule has 0 N–H and O–H groups in total. The minimum Gasteiger partial charge on any atom is -0.494 e. The first-order valence-electron chi connectivity index (χ1n) is 5.87. The van der Waals surface area contributed by atoms with Gasteiger partial charge in [0.05, 0.1) is 6.61 Å². The van der Waals surface area contributed by atoms with Crippen LogP contribution in [0.3, 0.4) is 0 Å². The highest BCUT2D eigenvalue weighted by atomic mass is 16.5. The number of nitrogens with zero attached hydrogens (tertiary/aromatic N) is 3. The van der Waals surface area contributed by atoms with Crippen LogP contribution in [0.4, 0.5) is 0 Å². The van der Waals surface area contributed by atoms with Crippen molar-refractivity contribution in [3.63, 3.8) is 0 Å². The van der Waals surface area contributed by atoms with Gasteiger partial charge < -0.3 is 9.47 Å². The lowest BCUT2D eigenvalue weighted by atomic mass is 10.3. The summed E-state index contributed by atoms with van der Waals surface area (Å²) in [5.74, 6) is 1.37. The zero-order valence-electron chi connectivity index (χ0n) is 10.8. The van der Waals surface area contributed by atoms with Crippen molar-refractivity contribution in [2.45, 2.75) is 13.8 Å². The van der Waals surface area contributed by atoms with Crippen molar-refractivity contribution in [1.82, 2.24) is 9.97 Å². The van der Waals surface area contributed by atoms with Gasteiger partial charge in [0.2, 0.25) is 0 Å². The molecule has 1 aromatic heterocycles. The number of nitriles is 1. The predicted octanol–water partition coefficient (Wildman–Crippen LogP) is 2.85. The molecule has 0 aliphatic rings. The molecule has 1 aromatic carbocycles. The molecule has 0 spiro atoms. The molecular formula is C14H13N3O2. The highest BCUT2D eigenvalue weighted by Crippen LogP contribution is 2.21. The molecule has 0 saturated carbocycles. The van der Waals surface area contributed by atoms with E-state index in [9.17, 15) is 0 Å².